The number of benzene rings is 1. The molecule has 0 radical (unpaired) electrons. The monoisotopic (exact) mass is 394 g/mol. The summed E-state index contributed by atoms with van der Waals surface area (Å²) in [7, 11) is 1.57. The fraction of sp³-hybridized carbons (Fsp3) is 0.667. The third kappa shape index (κ3) is 5.52. The molecule has 5 nitrogen and oxygen atoms in total. The summed E-state index contributed by atoms with van der Waals surface area (Å²) >= 11 is 6.39. The largest absolute Gasteiger partial charge is 0.493 e. The zero-order valence-corrected chi connectivity index (χ0v) is 17.2. The van der Waals surface area contributed by atoms with Crippen LogP contribution in [0, 0.1) is 5.92 Å². The van der Waals surface area contributed by atoms with Crippen LogP contribution >= 0.6 is 11.6 Å². The van der Waals surface area contributed by atoms with Crippen molar-refractivity contribution >= 4 is 17.5 Å². The molecule has 1 aromatic carbocycles. The van der Waals surface area contributed by atoms with Gasteiger partial charge in [-0.3, -0.25) is 4.79 Å². The summed E-state index contributed by atoms with van der Waals surface area (Å²) in [6.07, 6.45) is 6.73. The number of unbranched alkanes of at least 4 members (excludes halogenated alkanes) is 1. The zero-order valence-electron chi connectivity index (χ0n) is 16.4. The summed E-state index contributed by atoms with van der Waals surface area (Å²) < 4.78 is 11.2. The van der Waals surface area contributed by atoms with Gasteiger partial charge in [-0.25, -0.2) is 0 Å². The van der Waals surface area contributed by atoms with E-state index in [0.29, 0.717) is 34.7 Å². The van der Waals surface area contributed by atoms with Crippen molar-refractivity contribution in [2.75, 3.05) is 33.4 Å². The fourth-order valence-corrected chi connectivity index (χ4v) is 3.69. The Balaban J connectivity index is 1.59. The van der Waals surface area contributed by atoms with Gasteiger partial charge in [0.1, 0.15) is 0 Å². The Hall–Kier alpha value is -1.46. The van der Waals surface area contributed by atoms with Crippen molar-refractivity contribution in [3.63, 3.8) is 0 Å². The predicted octanol–water partition coefficient (Wildman–Crippen LogP) is 4.13. The molecule has 2 aliphatic rings. The van der Waals surface area contributed by atoms with Gasteiger partial charge in [-0.15, -0.1) is 0 Å². The van der Waals surface area contributed by atoms with Gasteiger partial charge in [0.25, 0.3) is 5.91 Å². The molecule has 27 heavy (non-hydrogen) atoms. The SMILES string of the molecule is CCCCOc1c(Cl)cc(C(=O)N2CCC(NCC3CC3)CC2)cc1OC. The number of hydrogen-bond donors (Lipinski definition) is 1. The maximum Gasteiger partial charge on any atom is 0.254 e. The van der Waals surface area contributed by atoms with Crippen LogP contribution in [0.3, 0.4) is 0 Å². The van der Waals surface area contributed by atoms with Crippen LogP contribution in [0.2, 0.25) is 5.02 Å². The van der Waals surface area contributed by atoms with Crippen LogP contribution in [0.4, 0.5) is 0 Å². The molecule has 0 unspecified atom stereocenters. The number of amides is 1. The first kappa shape index (κ1) is 20.3. The summed E-state index contributed by atoms with van der Waals surface area (Å²) in [5, 5.41) is 4.07. The molecule has 6 heteroatoms. The number of carbonyl (C=O) groups is 1. The molecule has 1 aliphatic heterocycles. The summed E-state index contributed by atoms with van der Waals surface area (Å²) in [6.45, 7) is 5.37. The molecule has 2 fully saturated rings. The van der Waals surface area contributed by atoms with E-state index in [1.54, 1.807) is 19.2 Å². The first-order valence-corrected chi connectivity index (χ1v) is 10.5. The number of likely N-dealkylation sites (tertiary alicyclic amines) is 1. The number of halogens is 1. The second kappa shape index (κ2) is 9.65. The highest BCUT2D eigenvalue weighted by molar-refractivity contribution is 6.32. The van der Waals surface area contributed by atoms with Crippen molar-refractivity contribution in [2.24, 2.45) is 5.92 Å². The van der Waals surface area contributed by atoms with Crippen LogP contribution in [0.15, 0.2) is 12.1 Å². The number of methoxy groups -OCH3 is 1. The van der Waals surface area contributed by atoms with E-state index in [1.807, 2.05) is 4.90 Å². The van der Waals surface area contributed by atoms with E-state index in [1.165, 1.54) is 12.8 Å². The van der Waals surface area contributed by atoms with Crippen molar-refractivity contribution in [2.45, 2.75) is 51.5 Å². The van der Waals surface area contributed by atoms with Gasteiger partial charge >= 0.3 is 0 Å². The highest BCUT2D eigenvalue weighted by Gasteiger charge is 2.27. The zero-order chi connectivity index (χ0) is 19.2. The molecule has 1 N–H and O–H groups in total. The van der Waals surface area contributed by atoms with Crippen LogP contribution in [-0.4, -0.2) is 50.2 Å². The topological polar surface area (TPSA) is 50.8 Å². The van der Waals surface area contributed by atoms with Crippen LogP contribution < -0.4 is 14.8 Å². The molecule has 1 saturated heterocycles. The van der Waals surface area contributed by atoms with Crippen molar-refractivity contribution in [3.05, 3.63) is 22.7 Å². The van der Waals surface area contributed by atoms with Crippen molar-refractivity contribution in [1.82, 2.24) is 10.2 Å². The minimum atomic E-state index is 0.0101. The van der Waals surface area contributed by atoms with Crippen molar-refractivity contribution in [1.29, 1.82) is 0 Å². The van der Waals surface area contributed by atoms with Crippen LogP contribution in [-0.2, 0) is 0 Å². The molecule has 0 atom stereocenters. The number of piperidine rings is 1. The number of hydrogen-bond acceptors (Lipinski definition) is 4. The Morgan fingerprint density at radius 2 is 2.00 bits per heavy atom. The van der Waals surface area contributed by atoms with Crippen LogP contribution in [0.1, 0.15) is 55.8 Å². The molecule has 1 heterocycles. The molecule has 0 spiro atoms. The standard InChI is InChI=1S/C21H31ClN2O3/c1-3-4-11-27-20-18(22)12-16(13-19(20)26-2)21(25)24-9-7-17(8-10-24)23-14-15-5-6-15/h12-13,15,17,23H,3-11,14H2,1-2H3. The first-order valence-electron chi connectivity index (χ1n) is 10.1. The molecule has 1 amide bonds. The molecule has 3 rings (SSSR count). The molecular weight excluding hydrogens is 364 g/mol. The van der Waals surface area contributed by atoms with Gasteiger partial charge in [0.2, 0.25) is 0 Å². The highest BCUT2D eigenvalue weighted by atomic mass is 35.5. The average Bonchev–Trinajstić information content (AvgIpc) is 3.51. The molecule has 150 valence electrons. The van der Waals surface area contributed by atoms with E-state index in [2.05, 4.69) is 12.2 Å². The van der Waals surface area contributed by atoms with Crippen molar-refractivity contribution < 1.29 is 14.3 Å². The van der Waals surface area contributed by atoms with Gasteiger partial charge in [0.05, 0.1) is 18.7 Å². The average molecular weight is 395 g/mol. The van der Waals surface area contributed by atoms with E-state index in [0.717, 1.165) is 51.2 Å². The quantitative estimate of drug-likeness (QED) is 0.640. The number of nitrogens with one attached hydrogen (secondary N) is 1. The lowest BCUT2D eigenvalue weighted by Crippen LogP contribution is -2.45. The van der Waals surface area contributed by atoms with Gasteiger partial charge in [0.15, 0.2) is 11.5 Å². The van der Waals surface area contributed by atoms with E-state index >= 15 is 0 Å². The van der Waals surface area contributed by atoms with E-state index < -0.39 is 0 Å². The summed E-state index contributed by atoms with van der Waals surface area (Å²) in [5.41, 5.74) is 0.559. The Bertz CT molecular complexity index is 641. The minimum Gasteiger partial charge on any atom is -0.493 e. The summed E-state index contributed by atoms with van der Waals surface area (Å²) in [4.78, 5) is 14.8. The van der Waals surface area contributed by atoms with Gasteiger partial charge in [-0.2, -0.15) is 0 Å². The van der Waals surface area contributed by atoms with Crippen LogP contribution in [0.25, 0.3) is 0 Å². The van der Waals surface area contributed by atoms with Gasteiger partial charge < -0.3 is 19.7 Å². The lowest BCUT2D eigenvalue weighted by Gasteiger charge is -2.32. The van der Waals surface area contributed by atoms with Crippen LogP contribution in [0.5, 0.6) is 11.5 Å². The second-order valence-corrected chi connectivity index (χ2v) is 8.02. The lowest BCUT2D eigenvalue weighted by molar-refractivity contribution is 0.0704. The molecular formula is C21H31ClN2O3. The Morgan fingerprint density at radius 3 is 2.63 bits per heavy atom. The Kier molecular flexibility index (Phi) is 7.25. The molecule has 1 aliphatic carbocycles. The van der Waals surface area contributed by atoms with Gasteiger partial charge in [0, 0.05) is 24.7 Å². The Morgan fingerprint density at radius 1 is 1.26 bits per heavy atom. The van der Waals surface area contributed by atoms with Gasteiger partial charge in [-0.05, 0) is 56.7 Å². The number of rotatable bonds is 9. The third-order valence-electron chi connectivity index (χ3n) is 5.39. The summed E-state index contributed by atoms with van der Waals surface area (Å²) in [5.74, 6) is 1.93. The molecule has 1 aromatic rings. The molecule has 0 aromatic heterocycles. The minimum absolute atomic E-state index is 0.0101. The third-order valence-corrected chi connectivity index (χ3v) is 5.68. The van der Waals surface area contributed by atoms with E-state index in [-0.39, 0.29) is 5.91 Å². The molecule has 1 saturated carbocycles. The number of nitrogens with zero attached hydrogens (tertiary/aromatic N) is 1. The normalized spacial score (nSPS) is 17.8. The van der Waals surface area contributed by atoms with E-state index in [9.17, 15) is 4.79 Å². The number of carbonyl (C=O) groups excluding carboxylic acids is 1. The maximum absolute atomic E-state index is 12.9. The maximum atomic E-state index is 12.9. The fourth-order valence-electron chi connectivity index (χ4n) is 3.43. The van der Waals surface area contributed by atoms with Gasteiger partial charge in [-0.1, -0.05) is 24.9 Å². The van der Waals surface area contributed by atoms with E-state index in [4.69, 9.17) is 21.1 Å². The van der Waals surface area contributed by atoms with Crippen molar-refractivity contribution in [3.8, 4) is 11.5 Å². The second-order valence-electron chi connectivity index (χ2n) is 7.61. The predicted molar refractivity (Wildman–Crippen MR) is 108 cm³/mol. The summed E-state index contributed by atoms with van der Waals surface area (Å²) in [6, 6.07) is 3.97. The first-order chi connectivity index (χ1) is 13.1. The molecule has 0 bridgehead atoms. The number of ether oxygens (including phenoxy) is 2. The highest BCUT2D eigenvalue weighted by Crippen LogP contribution is 2.37. The smallest absolute Gasteiger partial charge is 0.254 e. The Labute approximate surface area is 167 Å². The lowest BCUT2D eigenvalue weighted by atomic mass is 10.0.